The van der Waals surface area contributed by atoms with Crippen molar-refractivity contribution in [3.05, 3.63) is 65.4 Å². The van der Waals surface area contributed by atoms with Crippen LogP contribution in [0.25, 0.3) is 27.5 Å². The summed E-state index contributed by atoms with van der Waals surface area (Å²) in [7, 11) is 0. The van der Waals surface area contributed by atoms with Gasteiger partial charge in [0.05, 0.1) is 10.6 Å². The number of aromatic nitrogens is 3. The molecule has 3 nitrogen and oxygen atoms in total. The van der Waals surface area contributed by atoms with Crippen LogP contribution in [-0.2, 0) is 0 Å². The molecule has 0 fully saturated rings. The van der Waals surface area contributed by atoms with Gasteiger partial charge in [-0.05, 0) is 23.6 Å². The summed E-state index contributed by atoms with van der Waals surface area (Å²) in [6.07, 6.45) is 5.73. The molecule has 3 aromatic heterocycles. The van der Waals surface area contributed by atoms with Gasteiger partial charge in [-0.3, -0.25) is 0 Å². The molecule has 0 aliphatic rings. The summed E-state index contributed by atoms with van der Waals surface area (Å²) in [6.45, 7) is 0. The molecule has 0 atom stereocenters. The van der Waals surface area contributed by atoms with E-state index < -0.39 is 0 Å². The zero-order chi connectivity index (χ0) is 14.2. The van der Waals surface area contributed by atoms with Crippen LogP contribution >= 0.6 is 22.9 Å². The molecule has 1 aromatic carbocycles. The van der Waals surface area contributed by atoms with Crippen molar-refractivity contribution in [2.24, 2.45) is 0 Å². The van der Waals surface area contributed by atoms with Gasteiger partial charge < -0.3 is 4.40 Å². The van der Waals surface area contributed by atoms with Gasteiger partial charge in [-0.1, -0.05) is 29.8 Å². The largest absolute Gasteiger partial charge is 0.303 e. The molecule has 0 N–H and O–H groups in total. The van der Waals surface area contributed by atoms with Gasteiger partial charge in [0.15, 0.2) is 5.65 Å². The lowest BCUT2D eigenvalue weighted by atomic mass is 10.1. The molecule has 5 heteroatoms. The van der Waals surface area contributed by atoms with Crippen LogP contribution < -0.4 is 0 Å². The lowest BCUT2D eigenvalue weighted by molar-refractivity contribution is 1.14. The minimum Gasteiger partial charge on any atom is -0.303 e. The third-order valence-electron chi connectivity index (χ3n) is 3.27. The van der Waals surface area contributed by atoms with E-state index in [4.69, 9.17) is 16.6 Å². The second-order valence-electron chi connectivity index (χ2n) is 4.62. The molecule has 3 heterocycles. The van der Waals surface area contributed by atoms with Gasteiger partial charge in [0, 0.05) is 29.2 Å². The van der Waals surface area contributed by atoms with Gasteiger partial charge in [0.2, 0.25) is 0 Å². The number of thiophene rings is 1. The monoisotopic (exact) mass is 311 g/mol. The highest BCUT2D eigenvalue weighted by molar-refractivity contribution is 7.13. The van der Waals surface area contributed by atoms with Crippen molar-refractivity contribution in [1.82, 2.24) is 14.4 Å². The average molecular weight is 312 g/mol. The Bertz CT molecular complexity index is 895. The maximum Gasteiger partial charge on any atom is 0.163 e. The SMILES string of the molecule is Clc1ccc(-c2nc(-c3cccs3)cn3ccnc23)cc1. The Balaban J connectivity index is 1.98. The number of benzene rings is 1. The fourth-order valence-electron chi connectivity index (χ4n) is 2.28. The van der Waals surface area contributed by atoms with Gasteiger partial charge in [0.25, 0.3) is 0 Å². The van der Waals surface area contributed by atoms with E-state index in [0.717, 1.165) is 27.5 Å². The Morgan fingerprint density at radius 2 is 1.95 bits per heavy atom. The summed E-state index contributed by atoms with van der Waals surface area (Å²) in [4.78, 5) is 10.3. The summed E-state index contributed by atoms with van der Waals surface area (Å²) in [5.41, 5.74) is 3.66. The average Bonchev–Trinajstić information content (AvgIpc) is 3.18. The maximum atomic E-state index is 5.97. The lowest BCUT2D eigenvalue weighted by Gasteiger charge is -2.07. The molecular weight excluding hydrogens is 302 g/mol. The Morgan fingerprint density at radius 1 is 1.10 bits per heavy atom. The van der Waals surface area contributed by atoms with E-state index in [0.29, 0.717) is 5.02 Å². The highest BCUT2D eigenvalue weighted by Gasteiger charge is 2.11. The van der Waals surface area contributed by atoms with Gasteiger partial charge in [-0.25, -0.2) is 9.97 Å². The van der Waals surface area contributed by atoms with Crippen molar-refractivity contribution < 1.29 is 0 Å². The Labute approximate surface area is 130 Å². The number of imidazole rings is 1. The molecule has 4 aromatic rings. The third kappa shape index (κ3) is 2.22. The molecule has 0 aliphatic carbocycles. The molecule has 0 saturated heterocycles. The van der Waals surface area contributed by atoms with Crippen molar-refractivity contribution >= 4 is 28.6 Å². The summed E-state index contributed by atoms with van der Waals surface area (Å²) in [5.74, 6) is 0. The molecule has 0 spiro atoms. The van der Waals surface area contributed by atoms with Gasteiger partial charge in [-0.15, -0.1) is 11.3 Å². The van der Waals surface area contributed by atoms with Gasteiger partial charge in [0.1, 0.15) is 5.69 Å². The van der Waals surface area contributed by atoms with Crippen LogP contribution in [-0.4, -0.2) is 14.4 Å². The predicted octanol–water partition coefficient (Wildman–Crippen LogP) is 4.78. The first kappa shape index (κ1) is 12.6. The zero-order valence-corrected chi connectivity index (χ0v) is 12.5. The van der Waals surface area contributed by atoms with Crippen LogP contribution in [0.3, 0.4) is 0 Å². The second kappa shape index (κ2) is 4.98. The molecule has 102 valence electrons. The zero-order valence-electron chi connectivity index (χ0n) is 10.9. The van der Waals surface area contributed by atoms with Crippen molar-refractivity contribution in [2.45, 2.75) is 0 Å². The van der Waals surface area contributed by atoms with Gasteiger partial charge in [-0.2, -0.15) is 0 Å². The first-order valence-electron chi connectivity index (χ1n) is 6.45. The summed E-state index contributed by atoms with van der Waals surface area (Å²) < 4.78 is 2.01. The predicted molar refractivity (Wildman–Crippen MR) is 86.7 cm³/mol. The van der Waals surface area contributed by atoms with Crippen LogP contribution in [0.5, 0.6) is 0 Å². The molecule has 4 rings (SSSR count). The number of hydrogen-bond acceptors (Lipinski definition) is 3. The Hall–Kier alpha value is -2.17. The summed E-state index contributed by atoms with van der Waals surface area (Å²) in [5, 5.41) is 2.77. The lowest BCUT2D eigenvalue weighted by Crippen LogP contribution is -1.94. The minimum absolute atomic E-state index is 0.715. The Morgan fingerprint density at radius 3 is 2.71 bits per heavy atom. The van der Waals surface area contributed by atoms with Gasteiger partial charge >= 0.3 is 0 Å². The van der Waals surface area contributed by atoms with Crippen molar-refractivity contribution in [2.75, 3.05) is 0 Å². The summed E-state index contributed by atoms with van der Waals surface area (Å²) in [6, 6.07) is 11.8. The smallest absolute Gasteiger partial charge is 0.163 e. The van der Waals surface area contributed by atoms with E-state index in [1.165, 1.54) is 0 Å². The molecular formula is C16H10ClN3S. The van der Waals surface area contributed by atoms with E-state index in [-0.39, 0.29) is 0 Å². The van der Waals surface area contributed by atoms with E-state index in [1.54, 1.807) is 17.5 Å². The highest BCUT2D eigenvalue weighted by Crippen LogP contribution is 2.29. The van der Waals surface area contributed by atoms with Crippen LogP contribution in [0.15, 0.2) is 60.4 Å². The van der Waals surface area contributed by atoms with Crippen molar-refractivity contribution in [3.8, 4) is 21.8 Å². The van der Waals surface area contributed by atoms with Crippen LogP contribution in [0.2, 0.25) is 5.02 Å². The van der Waals surface area contributed by atoms with E-state index in [2.05, 4.69) is 16.4 Å². The number of hydrogen-bond donors (Lipinski definition) is 0. The minimum atomic E-state index is 0.715. The van der Waals surface area contributed by atoms with Crippen LogP contribution in [0.1, 0.15) is 0 Å². The normalized spacial score (nSPS) is 11.1. The fourth-order valence-corrected chi connectivity index (χ4v) is 3.08. The Kier molecular flexibility index (Phi) is 2.98. The standard InChI is InChI=1S/C16H10ClN3S/c17-12-5-3-11(4-6-12)15-16-18-7-8-20(16)10-13(19-15)14-2-1-9-21-14/h1-10H. The molecule has 0 radical (unpaired) electrons. The summed E-state index contributed by atoms with van der Waals surface area (Å²) >= 11 is 7.65. The number of nitrogens with zero attached hydrogens (tertiary/aromatic N) is 3. The quantitative estimate of drug-likeness (QED) is 0.533. The number of fused-ring (bicyclic) bond motifs is 1. The molecule has 0 aliphatic heterocycles. The maximum absolute atomic E-state index is 5.97. The highest BCUT2D eigenvalue weighted by atomic mass is 35.5. The number of halogens is 1. The molecule has 0 amide bonds. The van der Waals surface area contributed by atoms with Crippen molar-refractivity contribution in [1.29, 1.82) is 0 Å². The molecule has 0 unspecified atom stereocenters. The van der Waals surface area contributed by atoms with Crippen molar-refractivity contribution in [3.63, 3.8) is 0 Å². The van der Waals surface area contributed by atoms with Crippen LogP contribution in [0.4, 0.5) is 0 Å². The fraction of sp³-hybridized carbons (Fsp3) is 0. The first-order valence-corrected chi connectivity index (χ1v) is 7.70. The molecule has 21 heavy (non-hydrogen) atoms. The topological polar surface area (TPSA) is 30.2 Å². The van der Waals surface area contributed by atoms with E-state index in [1.807, 2.05) is 47.1 Å². The molecule has 0 bridgehead atoms. The van der Waals surface area contributed by atoms with E-state index >= 15 is 0 Å². The first-order chi connectivity index (χ1) is 10.3. The van der Waals surface area contributed by atoms with E-state index in [9.17, 15) is 0 Å². The molecule has 0 saturated carbocycles. The third-order valence-corrected chi connectivity index (χ3v) is 4.41. The second-order valence-corrected chi connectivity index (χ2v) is 6.00. The van der Waals surface area contributed by atoms with Crippen LogP contribution in [0, 0.1) is 0 Å². The number of rotatable bonds is 2.